The molecule has 7 heteroatoms. The lowest BCUT2D eigenvalue weighted by atomic mass is 10.2. The van der Waals surface area contributed by atoms with Crippen LogP contribution >= 0.6 is 11.3 Å². The summed E-state index contributed by atoms with van der Waals surface area (Å²) in [6.45, 7) is 2.00. The second kappa shape index (κ2) is 5.46. The molecule has 0 bridgehead atoms. The van der Waals surface area contributed by atoms with Crippen LogP contribution in [0.25, 0.3) is 0 Å². The molecule has 0 N–H and O–H groups in total. The van der Waals surface area contributed by atoms with E-state index in [0.717, 1.165) is 17.0 Å². The van der Waals surface area contributed by atoms with Crippen molar-refractivity contribution in [2.24, 2.45) is 4.99 Å². The van der Waals surface area contributed by atoms with Crippen LogP contribution in [-0.4, -0.2) is 21.3 Å². The number of aryl methyl sites for hydroxylation is 1. The van der Waals surface area contributed by atoms with E-state index in [0.29, 0.717) is 5.13 Å². The van der Waals surface area contributed by atoms with E-state index in [1.54, 1.807) is 18.3 Å². The van der Waals surface area contributed by atoms with E-state index < -0.39 is 4.92 Å². The molecule has 0 radical (unpaired) electrons. The fraction of sp³-hybridized carbons (Fsp3) is 0.182. The number of nitro groups is 1. The molecule has 0 aliphatic heterocycles. The smallest absolute Gasteiger partial charge is 0.258 e. The lowest BCUT2D eigenvalue weighted by Gasteiger charge is -1.92. The number of benzene rings is 1. The molecule has 0 saturated carbocycles. The van der Waals surface area contributed by atoms with E-state index in [9.17, 15) is 10.1 Å². The zero-order valence-electron chi connectivity index (χ0n) is 9.61. The molecule has 0 spiro atoms. The summed E-state index contributed by atoms with van der Waals surface area (Å²) >= 11 is 1.43. The summed E-state index contributed by atoms with van der Waals surface area (Å²) in [5.74, 6) is 0. The molecule has 0 atom stereocenters. The molecule has 1 aromatic heterocycles. The lowest BCUT2D eigenvalue weighted by Crippen LogP contribution is -1.88. The zero-order chi connectivity index (χ0) is 13.0. The van der Waals surface area contributed by atoms with Crippen molar-refractivity contribution in [2.75, 3.05) is 0 Å². The largest absolute Gasteiger partial charge is 0.269 e. The Morgan fingerprint density at radius 3 is 2.67 bits per heavy atom. The molecule has 0 aliphatic carbocycles. The highest BCUT2D eigenvalue weighted by Crippen LogP contribution is 2.18. The van der Waals surface area contributed by atoms with Crippen LogP contribution in [-0.2, 0) is 6.42 Å². The first kappa shape index (κ1) is 12.3. The second-order valence-electron chi connectivity index (χ2n) is 3.44. The van der Waals surface area contributed by atoms with Crippen molar-refractivity contribution in [1.29, 1.82) is 0 Å². The van der Waals surface area contributed by atoms with E-state index in [1.807, 2.05) is 6.92 Å². The van der Waals surface area contributed by atoms with Gasteiger partial charge in [-0.2, -0.15) is 0 Å². The molecule has 0 fully saturated rings. The van der Waals surface area contributed by atoms with Gasteiger partial charge in [0.1, 0.15) is 5.01 Å². The Balaban J connectivity index is 2.11. The van der Waals surface area contributed by atoms with Crippen LogP contribution in [0, 0.1) is 10.1 Å². The molecule has 18 heavy (non-hydrogen) atoms. The summed E-state index contributed by atoms with van der Waals surface area (Å²) in [5.41, 5.74) is 0.852. The van der Waals surface area contributed by atoms with E-state index in [-0.39, 0.29) is 5.69 Å². The van der Waals surface area contributed by atoms with Crippen molar-refractivity contribution < 1.29 is 4.92 Å². The third-order valence-corrected chi connectivity index (χ3v) is 3.16. The summed E-state index contributed by atoms with van der Waals surface area (Å²) in [4.78, 5) is 14.2. The number of nitro benzene ring substituents is 1. The lowest BCUT2D eigenvalue weighted by molar-refractivity contribution is -0.384. The van der Waals surface area contributed by atoms with Gasteiger partial charge in [-0.3, -0.25) is 10.1 Å². The van der Waals surface area contributed by atoms with Crippen molar-refractivity contribution >= 4 is 28.4 Å². The number of non-ortho nitro benzene ring substituents is 1. The average Bonchev–Trinajstić information content (AvgIpc) is 2.85. The van der Waals surface area contributed by atoms with Gasteiger partial charge in [0.15, 0.2) is 0 Å². The minimum absolute atomic E-state index is 0.0661. The van der Waals surface area contributed by atoms with Crippen molar-refractivity contribution in [1.82, 2.24) is 10.2 Å². The number of aliphatic imine (C=N–C) groups is 1. The average molecular weight is 262 g/mol. The number of aromatic nitrogens is 2. The molecule has 1 heterocycles. The highest BCUT2D eigenvalue weighted by molar-refractivity contribution is 7.14. The number of hydrogen-bond donors (Lipinski definition) is 0. The molecule has 6 nitrogen and oxygen atoms in total. The first-order chi connectivity index (χ1) is 8.69. The van der Waals surface area contributed by atoms with Crippen LogP contribution in [0.4, 0.5) is 10.8 Å². The molecule has 92 valence electrons. The maximum atomic E-state index is 10.5. The third kappa shape index (κ3) is 2.95. The molecule has 2 aromatic rings. The maximum Gasteiger partial charge on any atom is 0.269 e. The van der Waals surface area contributed by atoms with Gasteiger partial charge in [-0.25, -0.2) is 4.99 Å². The van der Waals surface area contributed by atoms with Crippen molar-refractivity contribution in [3.63, 3.8) is 0 Å². The van der Waals surface area contributed by atoms with Crippen LogP contribution < -0.4 is 0 Å². The minimum atomic E-state index is -0.431. The molecule has 1 aromatic carbocycles. The van der Waals surface area contributed by atoms with Crippen LogP contribution in [0.1, 0.15) is 17.5 Å². The van der Waals surface area contributed by atoms with Gasteiger partial charge in [-0.05, 0) is 24.1 Å². The van der Waals surface area contributed by atoms with Crippen molar-refractivity contribution in [3.05, 3.63) is 45.0 Å². The summed E-state index contributed by atoms with van der Waals surface area (Å²) in [7, 11) is 0. The van der Waals surface area contributed by atoms with Crippen LogP contribution in [0.2, 0.25) is 0 Å². The van der Waals surface area contributed by atoms with E-state index in [4.69, 9.17) is 0 Å². The van der Waals surface area contributed by atoms with Gasteiger partial charge in [0.05, 0.1) is 4.92 Å². The van der Waals surface area contributed by atoms with Crippen LogP contribution in [0.5, 0.6) is 0 Å². The monoisotopic (exact) mass is 262 g/mol. The molecule has 0 saturated heterocycles. The molecule has 2 rings (SSSR count). The topological polar surface area (TPSA) is 81.3 Å². The predicted octanol–water partition coefficient (Wildman–Crippen LogP) is 2.76. The SMILES string of the molecule is CCc1nnc(/N=C/c2ccc([N+](=O)[O-])cc2)s1. The molecule has 0 aliphatic rings. The predicted molar refractivity (Wildman–Crippen MR) is 69.6 cm³/mol. The zero-order valence-corrected chi connectivity index (χ0v) is 10.4. The number of rotatable bonds is 4. The van der Waals surface area contributed by atoms with Gasteiger partial charge >= 0.3 is 0 Å². The molecule has 0 unspecified atom stereocenters. The Labute approximate surface area is 107 Å². The second-order valence-corrected chi connectivity index (χ2v) is 4.48. The highest BCUT2D eigenvalue weighted by Gasteiger charge is 2.03. The first-order valence-electron chi connectivity index (χ1n) is 5.30. The van der Waals surface area contributed by atoms with E-state index in [2.05, 4.69) is 15.2 Å². The summed E-state index contributed by atoms with van der Waals surface area (Å²) in [6, 6.07) is 6.17. The van der Waals surface area contributed by atoms with Gasteiger partial charge in [-0.15, -0.1) is 10.2 Å². The molecule has 0 amide bonds. The Morgan fingerprint density at radius 2 is 2.11 bits per heavy atom. The third-order valence-electron chi connectivity index (χ3n) is 2.19. The Hall–Kier alpha value is -2.15. The molecular weight excluding hydrogens is 252 g/mol. The number of nitrogens with zero attached hydrogens (tertiary/aromatic N) is 4. The first-order valence-corrected chi connectivity index (χ1v) is 6.11. The Bertz CT molecular complexity index is 577. The normalized spacial score (nSPS) is 10.9. The van der Waals surface area contributed by atoms with Crippen LogP contribution in [0.15, 0.2) is 29.3 Å². The minimum Gasteiger partial charge on any atom is -0.258 e. The highest BCUT2D eigenvalue weighted by atomic mass is 32.1. The maximum absolute atomic E-state index is 10.5. The van der Waals surface area contributed by atoms with Gasteiger partial charge < -0.3 is 0 Å². The van der Waals surface area contributed by atoms with Gasteiger partial charge in [0, 0.05) is 18.3 Å². The Kier molecular flexibility index (Phi) is 3.73. The van der Waals surface area contributed by atoms with Crippen LogP contribution in [0.3, 0.4) is 0 Å². The summed E-state index contributed by atoms with van der Waals surface area (Å²) in [6.07, 6.45) is 2.45. The van der Waals surface area contributed by atoms with E-state index >= 15 is 0 Å². The standard InChI is InChI=1S/C11H10N4O2S/c1-2-10-13-14-11(18-10)12-7-8-3-5-9(6-4-8)15(16)17/h3-7H,2H2,1H3/b12-7+. The van der Waals surface area contributed by atoms with Crippen molar-refractivity contribution in [3.8, 4) is 0 Å². The van der Waals surface area contributed by atoms with Gasteiger partial charge in [0.25, 0.3) is 5.69 Å². The molecular formula is C11H10N4O2S. The summed E-state index contributed by atoms with van der Waals surface area (Å²) in [5, 5.41) is 19.9. The number of hydrogen-bond acceptors (Lipinski definition) is 6. The fourth-order valence-electron chi connectivity index (χ4n) is 1.25. The van der Waals surface area contributed by atoms with E-state index in [1.165, 1.54) is 23.5 Å². The van der Waals surface area contributed by atoms with Gasteiger partial charge in [0.2, 0.25) is 5.13 Å². The fourth-order valence-corrected chi connectivity index (χ4v) is 1.88. The van der Waals surface area contributed by atoms with Gasteiger partial charge in [-0.1, -0.05) is 18.3 Å². The van der Waals surface area contributed by atoms with Crippen molar-refractivity contribution in [2.45, 2.75) is 13.3 Å². The summed E-state index contributed by atoms with van der Waals surface area (Å²) < 4.78 is 0. The Morgan fingerprint density at radius 1 is 1.39 bits per heavy atom. The quantitative estimate of drug-likeness (QED) is 0.482.